The average molecular weight is 510 g/mol. The minimum Gasteiger partial charge on any atom is -0.352 e. The molecule has 2 aromatic carbocycles. The summed E-state index contributed by atoms with van der Waals surface area (Å²) >= 11 is 5.81. The highest BCUT2D eigenvalue weighted by Crippen LogP contribution is 2.39. The van der Waals surface area contributed by atoms with E-state index in [1.54, 1.807) is 6.20 Å². The molecule has 6 nitrogen and oxygen atoms in total. The zero-order chi connectivity index (χ0) is 25.9. The molecule has 1 aliphatic rings. The second kappa shape index (κ2) is 10.6. The van der Waals surface area contributed by atoms with Gasteiger partial charge >= 0.3 is 0 Å². The SMILES string of the molecule is Cc1ccc(NC(=O)CCN2C(=S)N[C@@H](c3ccccn3)[C@H]2c2cccn2-c2ccc(C)c(C)c2)cc1. The first kappa shape index (κ1) is 24.7. The lowest BCUT2D eigenvalue weighted by atomic mass is 10.0. The molecule has 5 rings (SSSR count). The van der Waals surface area contributed by atoms with E-state index in [2.05, 4.69) is 75.5 Å². The van der Waals surface area contributed by atoms with Crippen LogP contribution in [0.15, 0.2) is 85.2 Å². The number of aryl methyl sites for hydroxylation is 3. The number of thiocarbonyl (C=S) groups is 1. The molecule has 0 unspecified atom stereocenters. The number of aromatic nitrogens is 2. The van der Waals surface area contributed by atoms with Crippen LogP contribution in [0.5, 0.6) is 0 Å². The molecule has 0 spiro atoms. The van der Waals surface area contributed by atoms with Crippen LogP contribution >= 0.6 is 12.2 Å². The van der Waals surface area contributed by atoms with Crippen LogP contribution in [0.4, 0.5) is 5.69 Å². The standard InChI is InChI=1S/C30H31N5OS/c1-20-9-12-23(13-10-20)32-27(36)15-18-35-29(28(33-30(35)37)25-7-4-5-16-31-25)26-8-6-17-34(26)24-14-11-21(2)22(3)19-24/h4-14,16-17,19,28-29H,15,18H2,1-3H3,(H,32,36)(H,33,37)/t28-,29+/m0/s1. The van der Waals surface area contributed by atoms with Gasteiger partial charge in [0.1, 0.15) is 0 Å². The third-order valence-corrected chi connectivity index (χ3v) is 7.32. The molecule has 2 atom stereocenters. The second-order valence-electron chi connectivity index (χ2n) is 9.56. The Morgan fingerprint density at radius 1 is 1.00 bits per heavy atom. The fourth-order valence-electron chi connectivity index (χ4n) is 4.80. The molecule has 2 N–H and O–H groups in total. The zero-order valence-electron chi connectivity index (χ0n) is 21.3. The van der Waals surface area contributed by atoms with Crippen molar-refractivity contribution in [1.29, 1.82) is 0 Å². The summed E-state index contributed by atoms with van der Waals surface area (Å²) in [5.74, 6) is -0.0452. The number of benzene rings is 2. The maximum Gasteiger partial charge on any atom is 0.226 e. The maximum atomic E-state index is 12.8. The molecule has 188 valence electrons. The van der Waals surface area contributed by atoms with Gasteiger partial charge in [-0.1, -0.05) is 29.8 Å². The lowest BCUT2D eigenvalue weighted by Crippen LogP contribution is -2.33. The molecule has 1 amide bonds. The van der Waals surface area contributed by atoms with E-state index in [1.165, 1.54) is 11.1 Å². The first-order valence-corrected chi connectivity index (χ1v) is 12.9. The number of pyridine rings is 1. The van der Waals surface area contributed by atoms with E-state index in [-0.39, 0.29) is 18.0 Å². The molecule has 37 heavy (non-hydrogen) atoms. The van der Waals surface area contributed by atoms with Gasteiger partial charge in [-0.2, -0.15) is 0 Å². The van der Waals surface area contributed by atoms with Crippen molar-refractivity contribution in [2.45, 2.75) is 39.3 Å². The Morgan fingerprint density at radius 3 is 2.54 bits per heavy atom. The number of hydrogen-bond donors (Lipinski definition) is 2. The number of carbonyl (C=O) groups excluding carboxylic acids is 1. The van der Waals surface area contributed by atoms with Crippen molar-refractivity contribution in [3.8, 4) is 5.69 Å². The van der Waals surface area contributed by atoms with Crippen molar-refractivity contribution in [2.75, 3.05) is 11.9 Å². The van der Waals surface area contributed by atoms with E-state index in [1.807, 2.05) is 49.4 Å². The van der Waals surface area contributed by atoms with Crippen LogP contribution in [-0.4, -0.2) is 32.0 Å². The van der Waals surface area contributed by atoms with Gasteiger partial charge in [-0.05, 0) is 92.6 Å². The number of nitrogens with zero attached hydrogens (tertiary/aromatic N) is 3. The molecule has 0 bridgehead atoms. The summed E-state index contributed by atoms with van der Waals surface area (Å²) in [7, 11) is 0. The van der Waals surface area contributed by atoms with Crippen LogP contribution in [0, 0.1) is 20.8 Å². The first-order chi connectivity index (χ1) is 17.9. The van der Waals surface area contributed by atoms with Crippen molar-refractivity contribution in [1.82, 2.24) is 19.8 Å². The van der Waals surface area contributed by atoms with Crippen molar-refractivity contribution in [3.63, 3.8) is 0 Å². The fraction of sp³-hybridized carbons (Fsp3) is 0.233. The third-order valence-electron chi connectivity index (χ3n) is 6.96. The van der Waals surface area contributed by atoms with Crippen LogP contribution in [-0.2, 0) is 4.79 Å². The van der Waals surface area contributed by atoms with Gasteiger partial charge in [0, 0.05) is 42.4 Å². The molecule has 1 aliphatic heterocycles. The van der Waals surface area contributed by atoms with Crippen LogP contribution in [0.1, 0.15) is 46.6 Å². The molecule has 0 aliphatic carbocycles. The highest BCUT2D eigenvalue weighted by atomic mass is 32.1. The number of nitrogens with one attached hydrogen (secondary N) is 2. The lowest BCUT2D eigenvalue weighted by Gasteiger charge is -2.29. The van der Waals surface area contributed by atoms with Crippen LogP contribution in [0.3, 0.4) is 0 Å². The third kappa shape index (κ3) is 5.27. The van der Waals surface area contributed by atoms with Crippen molar-refractivity contribution in [3.05, 3.63) is 113 Å². The topological polar surface area (TPSA) is 62.2 Å². The number of carbonyl (C=O) groups is 1. The van der Waals surface area contributed by atoms with Crippen LogP contribution < -0.4 is 10.6 Å². The van der Waals surface area contributed by atoms with E-state index >= 15 is 0 Å². The maximum absolute atomic E-state index is 12.8. The Kier molecular flexibility index (Phi) is 7.06. The number of hydrogen-bond acceptors (Lipinski definition) is 3. The quantitative estimate of drug-likeness (QED) is 0.309. The van der Waals surface area contributed by atoms with E-state index in [4.69, 9.17) is 12.2 Å². The van der Waals surface area contributed by atoms with Gasteiger partial charge in [0.15, 0.2) is 5.11 Å². The highest BCUT2D eigenvalue weighted by molar-refractivity contribution is 7.80. The highest BCUT2D eigenvalue weighted by Gasteiger charge is 2.41. The Bertz CT molecular complexity index is 1410. The Morgan fingerprint density at radius 2 is 1.81 bits per heavy atom. The lowest BCUT2D eigenvalue weighted by molar-refractivity contribution is -0.116. The molecule has 3 heterocycles. The van der Waals surface area contributed by atoms with Crippen LogP contribution in [0.25, 0.3) is 5.69 Å². The summed E-state index contributed by atoms with van der Waals surface area (Å²) < 4.78 is 2.21. The van der Waals surface area contributed by atoms with Gasteiger partial charge in [-0.25, -0.2) is 0 Å². The molecular formula is C30H31N5OS. The van der Waals surface area contributed by atoms with Crippen molar-refractivity contribution < 1.29 is 4.79 Å². The van der Waals surface area contributed by atoms with Crippen molar-refractivity contribution >= 4 is 28.9 Å². The molecule has 1 fully saturated rings. The van der Waals surface area contributed by atoms with Gasteiger partial charge in [-0.3, -0.25) is 9.78 Å². The van der Waals surface area contributed by atoms with Gasteiger partial charge in [0.2, 0.25) is 5.91 Å². The number of rotatable bonds is 7. The van der Waals surface area contributed by atoms with Crippen LogP contribution in [0.2, 0.25) is 0 Å². The number of anilines is 1. The fourth-order valence-corrected chi connectivity index (χ4v) is 5.13. The Labute approximate surface area is 223 Å². The van der Waals surface area contributed by atoms with E-state index < -0.39 is 0 Å². The summed E-state index contributed by atoms with van der Waals surface area (Å²) in [6, 6.07) is 24.1. The summed E-state index contributed by atoms with van der Waals surface area (Å²) in [4.78, 5) is 19.6. The van der Waals surface area contributed by atoms with Gasteiger partial charge in [-0.15, -0.1) is 0 Å². The molecular weight excluding hydrogens is 478 g/mol. The van der Waals surface area contributed by atoms with Gasteiger partial charge in [0.05, 0.1) is 17.8 Å². The van der Waals surface area contributed by atoms with Crippen molar-refractivity contribution in [2.24, 2.45) is 0 Å². The summed E-state index contributed by atoms with van der Waals surface area (Å²) in [5.41, 5.74) is 7.54. The minimum absolute atomic E-state index is 0.0452. The average Bonchev–Trinajstić information content (AvgIpc) is 3.50. The largest absolute Gasteiger partial charge is 0.352 e. The molecule has 2 aromatic heterocycles. The Balaban J connectivity index is 1.44. The molecule has 1 saturated heterocycles. The minimum atomic E-state index is -0.144. The molecule has 7 heteroatoms. The number of amides is 1. The summed E-state index contributed by atoms with van der Waals surface area (Å²) in [5, 5.41) is 7.11. The summed E-state index contributed by atoms with van der Waals surface area (Å²) in [6.45, 7) is 6.76. The first-order valence-electron chi connectivity index (χ1n) is 12.5. The predicted octanol–water partition coefficient (Wildman–Crippen LogP) is 5.80. The summed E-state index contributed by atoms with van der Waals surface area (Å²) in [6.07, 6.45) is 4.20. The smallest absolute Gasteiger partial charge is 0.226 e. The van der Waals surface area contributed by atoms with Gasteiger partial charge in [0.25, 0.3) is 0 Å². The zero-order valence-corrected chi connectivity index (χ0v) is 22.1. The second-order valence-corrected chi connectivity index (χ2v) is 9.94. The monoisotopic (exact) mass is 509 g/mol. The molecule has 0 radical (unpaired) electrons. The molecule has 0 saturated carbocycles. The van der Waals surface area contributed by atoms with E-state index in [9.17, 15) is 4.79 Å². The Hall–Kier alpha value is -3.97. The van der Waals surface area contributed by atoms with E-state index in [0.717, 1.165) is 28.3 Å². The van der Waals surface area contributed by atoms with Gasteiger partial charge < -0.3 is 20.1 Å². The molecule has 4 aromatic rings. The van der Waals surface area contributed by atoms with E-state index in [0.29, 0.717) is 18.1 Å². The normalized spacial score (nSPS) is 17.1. The predicted molar refractivity (Wildman–Crippen MR) is 152 cm³/mol.